The number of carbonyl (C=O) groups is 2. The highest BCUT2D eigenvalue weighted by Gasteiger charge is 2.64. The first-order valence-electron chi connectivity index (χ1n) is 10.7. The predicted octanol–water partition coefficient (Wildman–Crippen LogP) is 5.06. The van der Waals surface area contributed by atoms with Crippen molar-refractivity contribution >= 4 is 52.2 Å². The second-order valence-corrected chi connectivity index (χ2v) is 8.49. The van der Waals surface area contributed by atoms with Gasteiger partial charge < -0.3 is 14.6 Å². The van der Waals surface area contributed by atoms with E-state index in [2.05, 4.69) is 0 Å². The van der Waals surface area contributed by atoms with Crippen LogP contribution in [0.2, 0.25) is 0 Å². The van der Waals surface area contributed by atoms with E-state index >= 15 is 0 Å². The van der Waals surface area contributed by atoms with Crippen LogP contribution < -0.4 is 9.64 Å². The molecule has 0 aromatic heterocycles. The van der Waals surface area contributed by atoms with Crippen LogP contribution in [0.15, 0.2) is 81.6 Å². The van der Waals surface area contributed by atoms with Gasteiger partial charge in [0, 0.05) is 5.69 Å². The molecule has 0 saturated carbocycles. The van der Waals surface area contributed by atoms with Crippen LogP contribution in [0.1, 0.15) is 12.5 Å². The lowest BCUT2D eigenvalue weighted by Crippen LogP contribution is -2.48. The molecule has 0 bridgehead atoms. The van der Waals surface area contributed by atoms with E-state index in [0.29, 0.717) is 17.0 Å². The topological polar surface area (TPSA) is 124 Å². The van der Waals surface area contributed by atoms with Crippen LogP contribution in [0.25, 0.3) is 5.70 Å². The average molecular weight is 524 g/mol. The molecule has 0 fully saturated rings. The van der Waals surface area contributed by atoms with Crippen molar-refractivity contribution in [2.45, 2.75) is 6.92 Å². The predicted molar refractivity (Wildman–Crippen MR) is 135 cm³/mol. The number of hydrogen-bond acceptors (Lipinski definition) is 7. The molecule has 36 heavy (non-hydrogen) atoms. The molecule has 0 radical (unpaired) electrons. The Morgan fingerprint density at radius 1 is 1.14 bits per heavy atom. The molecule has 2 aromatic carbocycles. The van der Waals surface area contributed by atoms with Crippen molar-refractivity contribution in [2.75, 3.05) is 18.6 Å². The zero-order valence-electron chi connectivity index (χ0n) is 19.1. The van der Waals surface area contributed by atoms with E-state index in [1.807, 2.05) is 0 Å². The van der Waals surface area contributed by atoms with Crippen molar-refractivity contribution < 1.29 is 24.2 Å². The number of carbonyl (C=O) groups excluding carboxylic acids is 2. The smallest absolute Gasteiger partial charge is 0.338 e. The third-order valence-electron chi connectivity index (χ3n) is 5.94. The molecule has 0 amide bonds. The van der Waals surface area contributed by atoms with Crippen LogP contribution >= 0.6 is 23.2 Å². The maximum absolute atomic E-state index is 13.9. The first kappa shape index (κ1) is 25.0. The van der Waals surface area contributed by atoms with Crippen LogP contribution in [-0.4, -0.2) is 36.4 Å². The minimum Gasteiger partial charge on any atom is -0.505 e. The molecular formula is C26H19Cl2N3O5. The zero-order valence-corrected chi connectivity index (χ0v) is 20.6. The van der Waals surface area contributed by atoms with Crippen LogP contribution in [0.3, 0.4) is 0 Å². The molecule has 2 N–H and O–H groups in total. The first-order chi connectivity index (χ1) is 17.2. The minimum absolute atomic E-state index is 0.0492. The van der Waals surface area contributed by atoms with Gasteiger partial charge in [0.1, 0.15) is 27.7 Å². The van der Waals surface area contributed by atoms with Crippen LogP contribution in [0.4, 0.5) is 5.69 Å². The number of methoxy groups -OCH3 is 1. The maximum atomic E-state index is 13.9. The monoisotopic (exact) mass is 523 g/mol. The quantitative estimate of drug-likeness (QED) is 0.524. The number of amidine groups is 1. The van der Waals surface area contributed by atoms with Gasteiger partial charge in [-0.1, -0.05) is 53.5 Å². The molecule has 4 rings (SSSR count). The SMILES string of the molecule is CCOC(=O)C1=C(c2ccccc2)N(c2ccc(OC)cc2)C(=N)C12C(=O)C(Cl)=C(Cl)C(O)=C2C#N. The number of Topliss-reactive ketones (excluding diaryl/α,β-unsaturated/α-hetero) is 1. The lowest BCUT2D eigenvalue weighted by atomic mass is 9.68. The van der Waals surface area contributed by atoms with Gasteiger partial charge in [-0.2, -0.15) is 5.26 Å². The summed E-state index contributed by atoms with van der Waals surface area (Å²) in [5.74, 6) is -2.70. The van der Waals surface area contributed by atoms with Crippen LogP contribution in [-0.2, 0) is 14.3 Å². The van der Waals surface area contributed by atoms with Gasteiger partial charge >= 0.3 is 5.97 Å². The summed E-state index contributed by atoms with van der Waals surface area (Å²) in [7, 11) is 1.50. The Hall–Kier alpha value is -4.06. The molecule has 2 aliphatic rings. The van der Waals surface area contributed by atoms with Gasteiger partial charge in [0.05, 0.1) is 30.6 Å². The van der Waals surface area contributed by atoms with Crippen molar-refractivity contribution in [1.82, 2.24) is 0 Å². The molecule has 0 saturated heterocycles. The fourth-order valence-electron chi connectivity index (χ4n) is 4.37. The van der Waals surface area contributed by atoms with Crippen molar-refractivity contribution in [2.24, 2.45) is 5.41 Å². The van der Waals surface area contributed by atoms with Gasteiger partial charge in [-0.05, 0) is 36.8 Å². The molecule has 1 heterocycles. The summed E-state index contributed by atoms with van der Waals surface area (Å²) in [6.07, 6.45) is 0. The number of ether oxygens (including phenoxy) is 2. The van der Waals surface area contributed by atoms with E-state index in [1.165, 1.54) is 12.0 Å². The maximum Gasteiger partial charge on any atom is 0.338 e. The van der Waals surface area contributed by atoms with E-state index in [1.54, 1.807) is 67.6 Å². The summed E-state index contributed by atoms with van der Waals surface area (Å²) in [4.78, 5) is 28.8. The number of ketones is 1. The molecule has 1 aliphatic carbocycles. The number of nitrogens with one attached hydrogen (secondary N) is 1. The standard InChI is InChI=1S/C26H19Cl2N3O5/c1-3-36-24(34)18-21(14-7-5-4-6-8-14)31(15-9-11-16(35-2)12-10-15)25(30)26(18)17(13-29)22(32)19(27)20(28)23(26)33/h4-12,30,32H,3H2,1-2H3. The van der Waals surface area contributed by atoms with Crippen molar-refractivity contribution in [3.05, 3.63) is 87.1 Å². The summed E-state index contributed by atoms with van der Waals surface area (Å²) < 4.78 is 10.5. The zero-order chi connectivity index (χ0) is 26.2. The third-order valence-corrected chi connectivity index (χ3v) is 6.76. The number of rotatable bonds is 5. The van der Waals surface area contributed by atoms with E-state index in [9.17, 15) is 25.4 Å². The number of allylic oxidation sites excluding steroid dienone is 2. The van der Waals surface area contributed by atoms with Gasteiger partial charge in [-0.15, -0.1) is 0 Å². The Morgan fingerprint density at radius 2 is 1.78 bits per heavy atom. The van der Waals surface area contributed by atoms with Gasteiger partial charge in [0.15, 0.2) is 17.0 Å². The number of hydrogen-bond donors (Lipinski definition) is 2. The highest BCUT2D eigenvalue weighted by atomic mass is 35.5. The number of nitrogens with zero attached hydrogens (tertiary/aromatic N) is 2. The molecule has 2 aromatic rings. The van der Waals surface area contributed by atoms with Crippen LogP contribution in [0, 0.1) is 22.2 Å². The van der Waals surface area contributed by atoms with E-state index in [4.69, 9.17) is 32.7 Å². The average Bonchev–Trinajstić information content (AvgIpc) is 3.17. The van der Waals surface area contributed by atoms with E-state index in [0.717, 1.165) is 0 Å². The highest BCUT2D eigenvalue weighted by Crippen LogP contribution is 2.56. The first-order valence-corrected chi connectivity index (χ1v) is 11.5. The second-order valence-electron chi connectivity index (χ2n) is 7.73. The third kappa shape index (κ3) is 3.48. The van der Waals surface area contributed by atoms with Crippen molar-refractivity contribution in [3.8, 4) is 11.8 Å². The molecule has 182 valence electrons. The second kappa shape index (κ2) is 9.53. The summed E-state index contributed by atoms with van der Waals surface area (Å²) in [5.41, 5.74) is -2.35. The Labute approximate surface area is 216 Å². The lowest BCUT2D eigenvalue weighted by molar-refractivity contribution is -0.140. The number of aliphatic hydroxyl groups excluding tert-OH is 1. The van der Waals surface area contributed by atoms with E-state index in [-0.39, 0.29) is 17.9 Å². The van der Waals surface area contributed by atoms with Gasteiger partial charge in [0.25, 0.3) is 0 Å². The number of aliphatic hydroxyl groups is 1. The number of nitriles is 1. The molecule has 1 unspecified atom stereocenters. The number of anilines is 1. The molecule has 10 heteroatoms. The van der Waals surface area contributed by atoms with Crippen molar-refractivity contribution in [1.29, 1.82) is 10.7 Å². The Morgan fingerprint density at radius 3 is 2.33 bits per heavy atom. The summed E-state index contributed by atoms with van der Waals surface area (Å²) in [6, 6.07) is 16.9. The Balaban J connectivity index is 2.17. The highest BCUT2D eigenvalue weighted by molar-refractivity contribution is 6.54. The summed E-state index contributed by atoms with van der Waals surface area (Å²) in [5, 5.41) is 29.0. The van der Waals surface area contributed by atoms with Crippen LogP contribution in [0.5, 0.6) is 5.75 Å². The minimum atomic E-state index is -2.40. The van der Waals surface area contributed by atoms with Crippen molar-refractivity contribution in [3.63, 3.8) is 0 Å². The molecule has 1 atom stereocenters. The Bertz CT molecular complexity index is 1420. The molecule has 1 aliphatic heterocycles. The number of halogens is 2. The number of esters is 1. The summed E-state index contributed by atoms with van der Waals surface area (Å²) >= 11 is 12.3. The summed E-state index contributed by atoms with van der Waals surface area (Å²) in [6.45, 7) is 1.53. The fourth-order valence-corrected chi connectivity index (χ4v) is 4.78. The molecule has 8 nitrogen and oxygen atoms in total. The Kier molecular flexibility index (Phi) is 6.63. The van der Waals surface area contributed by atoms with E-state index < -0.39 is 44.4 Å². The normalized spacial score (nSPS) is 19.8. The fraction of sp³-hybridized carbons (Fsp3) is 0.154. The van der Waals surface area contributed by atoms with Gasteiger partial charge in [0.2, 0.25) is 0 Å². The largest absolute Gasteiger partial charge is 0.505 e. The number of benzene rings is 2. The molecule has 1 spiro atoms. The lowest BCUT2D eigenvalue weighted by Gasteiger charge is -2.33. The van der Waals surface area contributed by atoms with Gasteiger partial charge in [-0.25, -0.2) is 4.79 Å². The van der Waals surface area contributed by atoms with Gasteiger partial charge in [-0.3, -0.25) is 15.1 Å². The molecular weight excluding hydrogens is 505 g/mol.